The van der Waals surface area contributed by atoms with Gasteiger partial charge in [-0.1, -0.05) is 29.8 Å². The number of benzene rings is 1. The molecule has 4 heteroatoms. The van der Waals surface area contributed by atoms with Gasteiger partial charge < -0.3 is 10.6 Å². The number of hydrogen-bond acceptors (Lipinski definition) is 1. The zero-order valence-electron chi connectivity index (χ0n) is 7.80. The average Bonchev–Trinajstić information content (AvgIpc) is 2.48. The molecule has 0 aliphatic carbocycles. The molecule has 1 aromatic rings. The Bertz CT molecular complexity index is 380. The van der Waals surface area contributed by atoms with Crippen molar-refractivity contribution in [2.24, 2.45) is 0 Å². The first kappa shape index (κ1) is 9.34. The number of rotatable bonds is 1. The van der Waals surface area contributed by atoms with Crippen LogP contribution in [0.2, 0.25) is 5.02 Å². The number of carbonyl (C=O) groups is 1. The molecular weight excluding hydrogens is 200 g/mol. The molecule has 0 bridgehead atoms. The molecule has 1 aliphatic heterocycles. The lowest BCUT2D eigenvalue weighted by molar-refractivity contribution is 0.245. The van der Waals surface area contributed by atoms with Crippen molar-refractivity contribution >= 4 is 17.6 Å². The van der Waals surface area contributed by atoms with Crippen LogP contribution < -0.4 is 10.6 Å². The van der Waals surface area contributed by atoms with Gasteiger partial charge >= 0.3 is 6.03 Å². The molecule has 3 nitrogen and oxygen atoms in total. The van der Waals surface area contributed by atoms with Gasteiger partial charge in [0.1, 0.15) is 0 Å². The van der Waals surface area contributed by atoms with E-state index in [0.29, 0.717) is 11.6 Å². The SMILES string of the molecule is CC1(c2ccccc2Cl)CNC(=O)N1. The van der Waals surface area contributed by atoms with Crippen LogP contribution in [0.4, 0.5) is 4.79 Å². The quantitative estimate of drug-likeness (QED) is 0.730. The van der Waals surface area contributed by atoms with E-state index >= 15 is 0 Å². The van der Waals surface area contributed by atoms with Gasteiger partial charge in [0.25, 0.3) is 0 Å². The minimum Gasteiger partial charge on any atom is -0.335 e. The van der Waals surface area contributed by atoms with Crippen molar-refractivity contribution in [2.75, 3.05) is 6.54 Å². The normalized spacial score (nSPS) is 25.7. The molecule has 0 spiro atoms. The van der Waals surface area contributed by atoms with Crippen molar-refractivity contribution in [1.29, 1.82) is 0 Å². The molecule has 0 saturated carbocycles. The molecule has 74 valence electrons. The van der Waals surface area contributed by atoms with Crippen LogP contribution in [0.5, 0.6) is 0 Å². The fraction of sp³-hybridized carbons (Fsp3) is 0.300. The van der Waals surface area contributed by atoms with Gasteiger partial charge in [0.15, 0.2) is 0 Å². The van der Waals surface area contributed by atoms with E-state index in [1.54, 1.807) is 0 Å². The molecule has 1 aliphatic rings. The Balaban J connectivity index is 2.40. The average molecular weight is 211 g/mol. The summed E-state index contributed by atoms with van der Waals surface area (Å²) >= 11 is 6.06. The van der Waals surface area contributed by atoms with Crippen molar-refractivity contribution in [1.82, 2.24) is 10.6 Å². The highest BCUT2D eigenvalue weighted by atomic mass is 35.5. The van der Waals surface area contributed by atoms with Gasteiger partial charge in [-0.25, -0.2) is 4.79 Å². The van der Waals surface area contributed by atoms with Crippen LogP contribution in [0.1, 0.15) is 12.5 Å². The van der Waals surface area contributed by atoms with E-state index in [0.717, 1.165) is 5.56 Å². The predicted octanol–water partition coefficient (Wildman–Crippen LogP) is 1.87. The summed E-state index contributed by atoms with van der Waals surface area (Å²) in [6.07, 6.45) is 0. The topological polar surface area (TPSA) is 41.1 Å². The smallest absolute Gasteiger partial charge is 0.315 e. The van der Waals surface area contributed by atoms with Crippen molar-refractivity contribution in [2.45, 2.75) is 12.5 Å². The molecule has 1 unspecified atom stereocenters. The maximum absolute atomic E-state index is 11.1. The van der Waals surface area contributed by atoms with Crippen molar-refractivity contribution < 1.29 is 4.79 Å². The van der Waals surface area contributed by atoms with Gasteiger partial charge in [-0.2, -0.15) is 0 Å². The highest BCUT2D eigenvalue weighted by Gasteiger charge is 2.35. The van der Waals surface area contributed by atoms with E-state index < -0.39 is 5.54 Å². The number of nitrogens with one attached hydrogen (secondary N) is 2. The lowest BCUT2D eigenvalue weighted by Gasteiger charge is -2.23. The Labute approximate surface area is 87.4 Å². The third-order valence-corrected chi connectivity index (χ3v) is 2.79. The van der Waals surface area contributed by atoms with Crippen LogP contribution in [-0.2, 0) is 5.54 Å². The third-order valence-electron chi connectivity index (χ3n) is 2.46. The van der Waals surface area contributed by atoms with E-state index in [9.17, 15) is 4.79 Å². The summed E-state index contributed by atoms with van der Waals surface area (Å²) in [6.45, 7) is 2.52. The number of hydrogen-bond donors (Lipinski definition) is 2. The van der Waals surface area contributed by atoms with Crippen LogP contribution in [0.15, 0.2) is 24.3 Å². The zero-order chi connectivity index (χ0) is 10.2. The number of urea groups is 1. The number of carbonyl (C=O) groups excluding carboxylic acids is 1. The Kier molecular flexibility index (Phi) is 2.11. The summed E-state index contributed by atoms with van der Waals surface area (Å²) < 4.78 is 0. The maximum atomic E-state index is 11.1. The highest BCUT2D eigenvalue weighted by molar-refractivity contribution is 6.31. The summed E-state index contributed by atoms with van der Waals surface area (Å²) in [5.74, 6) is 0. The first-order valence-corrected chi connectivity index (χ1v) is 4.81. The van der Waals surface area contributed by atoms with Crippen LogP contribution in [0.3, 0.4) is 0 Å². The van der Waals surface area contributed by atoms with Crippen molar-refractivity contribution in [3.63, 3.8) is 0 Å². The second kappa shape index (κ2) is 3.17. The second-order valence-electron chi connectivity index (χ2n) is 3.62. The van der Waals surface area contributed by atoms with Crippen LogP contribution in [0, 0.1) is 0 Å². The highest BCUT2D eigenvalue weighted by Crippen LogP contribution is 2.29. The Morgan fingerprint density at radius 2 is 2.14 bits per heavy atom. The van der Waals surface area contributed by atoms with Crippen molar-refractivity contribution in [3.8, 4) is 0 Å². The Hall–Kier alpha value is -1.22. The first-order valence-electron chi connectivity index (χ1n) is 4.43. The minimum atomic E-state index is -0.393. The molecule has 2 amide bonds. The summed E-state index contributed by atoms with van der Waals surface area (Å²) in [5.41, 5.74) is 0.551. The molecule has 14 heavy (non-hydrogen) atoms. The van der Waals surface area contributed by atoms with Crippen LogP contribution in [0.25, 0.3) is 0 Å². The van der Waals surface area contributed by atoms with Gasteiger partial charge in [0.2, 0.25) is 0 Å². The minimum absolute atomic E-state index is 0.146. The van der Waals surface area contributed by atoms with E-state index in [1.807, 2.05) is 31.2 Å². The van der Waals surface area contributed by atoms with E-state index in [1.165, 1.54) is 0 Å². The van der Waals surface area contributed by atoms with Gasteiger partial charge in [-0.15, -0.1) is 0 Å². The van der Waals surface area contributed by atoms with Gasteiger partial charge in [-0.05, 0) is 18.6 Å². The molecule has 0 radical (unpaired) electrons. The summed E-state index contributed by atoms with van der Waals surface area (Å²) in [7, 11) is 0. The Morgan fingerprint density at radius 3 is 2.71 bits per heavy atom. The summed E-state index contributed by atoms with van der Waals surface area (Å²) in [4.78, 5) is 11.1. The molecule has 0 aromatic heterocycles. The molecule has 2 rings (SSSR count). The maximum Gasteiger partial charge on any atom is 0.315 e. The van der Waals surface area contributed by atoms with Crippen LogP contribution >= 0.6 is 11.6 Å². The van der Waals surface area contributed by atoms with Gasteiger partial charge in [0, 0.05) is 11.6 Å². The van der Waals surface area contributed by atoms with Crippen molar-refractivity contribution in [3.05, 3.63) is 34.9 Å². The van der Waals surface area contributed by atoms with Gasteiger partial charge in [-0.3, -0.25) is 0 Å². The summed E-state index contributed by atoms with van der Waals surface area (Å²) in [6, 6.07) is 7.39. The molecule has 1 fully saturated rings. The molecule has 2 N–H and O–H groups in total. The Morgan fingerprint density at radius 1 is 1.43 bits per heavy atom. The largest absolute Gasteiger partial charge is 0.335 e. The molecule has 1 saturated heterocycles. The third kappa shape index (κ3) is 1.44. The van der Waals surface area contributed by atoms with Crippen LogP contribution in [-0.4, -0.2) is 12.6 Å². The second-order valence-corrected chi connectivity index (χ2v) is 4.03. The van der Waals surface area contributed by atoms with E-state index in [4.69, 9.17) is 11.6 Å². The monoisotopic (exact) mass is 210 g/mol. The molecular formula is C10H11ClN2O. The lowest BCUT2D eigenvalue weighted by atomic mass is 9.93. The summed E-state index contributed by atoms with van der Waals surface area (Å²) in [5, 5.41) is 6.26. The number of amides is 2. The fourth-order valence-corrected chi connectivity index (χ4v) is 2.01. The fourth-order valence-electron chi connectivity index (χ4n) is 1.67. The molecule has 1 aromatic carbocycles. The molecule has 1 heterocycles. The first-order chi connectivity index (χ1) is 6.62. The standard InChI is InChI=1S/C10H11ClN2O/c1-10(6-12-9(14)13-10)7-4-2-3-5-8(7)11/h2-5H,6H2,1H3,(H2,12,13,14). The zero-order valence-corrected chi connectivity index (χ0v) is 8.56. The predicted molar refractivity (Wildman–Crippen MR) is 55.3 cm³/mol. The number of halogens is 1. The lowest BCUT2D eigenvalue weighted by Crippen LogP contribution is -2.37. The van der Waals surface area contributed by atoms with E-state index in [-0.39, 0.29) is 6.03 Å². The molecule has 1 atom stereocenters. The van der Waals surface area contributed by atoms with Gasteiger partial charge in [0.05, 0.1) is 5.54 Å². The van der Waals surface area contributed by atoms with E-state index in [2.05, 4.69) is 10.6 Å².